The van der Waals surface area contributed by atoms with Crippen molar-refractivity contribution in [1.82, 2.24) is 25.8 Å². The molecule has 24 heavy (non-hydrogen) atoms. The highest BCUT2D eigenvalue weighted by Crippen LogP contribution is 2.18. The van der Waals surface area contributed by atoms with Crippen LogP contribution < -0.4 is 15.4 Å². The molecule has 7 heteroatoms. The minimum absolute atomic E-state index is 0.538. The summed E-state index contributed by atoms with van der Waals surface area (Å²) in [6.07, 6.45) is 3.57. The molecule has 0 saturated carbocycles. The fraction of sp³-hybridized carbons (Fsp3) is 0.471. The normalized spacial score (nSPS) is 11.4. The van der Waals surface area contributed by atoms with Gasteiger partial charge in [-0.3, -0.25) is 10.1 Å². The Morgan fingerprint density at radius 2 is 2.00 bits per heavy atom. The van der Waals surface area contributed by atoms with E-state index < -0.39 is 0 Å². The van der Waals surface area contributed by atoms with Crippen LogP contribution in [0.4, 0.5) is 0 Å². The van der Waals surface area contributed by atoms with Crippen molar-refractivity contribution in [3.63, 3.8) is 0 Å². The molecule has 130 valence electrons. The van der Waals surface area contributed by atoms with Gasteiger partial charge in [0.25, 0.3) is 0 Å². The molecule has 0 aliphatic heterocycles. The van der Waals surface area contributed by atoms with Crippen molar-refractivity contribution in [2.24, 2.45) is 4.99 Å². The third-order valence-corrected chi connectivity index (χ3v) is 3.60. The summed E-state index contributed by atoms with van der Waals surface area (Å²) in [6, 6.07) is 7.66. The standard InChI is InChI=1S/C17H26N6O/c1-4-5-6-11-19-17(18-2)20-12-15-21-16(23-22-15)13-7-9-14(24-3)10-8-13/h7-10H,4-6,11-12H2,1-3H3,(H2,18,19,20)(H,21,22,23). The molecule has 0 aliphatic carbocycles. The van der Waals surface area contributed by atoms with Gasteiger partial charge >= 0.3 is 0 Å². The Bertz CT molecular complexity index is 635. The van der Waals surface area contributed by atoms with Gasteiger partial charge in [0.1, 0.15) is 11.6 Å². The quantitative estimate of drug-likeness (QED) is 0.393. The van der Waals surface area contributed by atoms with Gasteiger partial charge in [-0.05, 0) is 30.7 Å². The number of rotatable bonds is 8. The molecule has 0 aliphatic rings. The molecule has 0 atom stereocenters. The van der Waals surface area contributed by atoms with Crippen molar-refractivity contribution >= 4 is 5.96 Å². The van der Waals surface area contributed by atoms with Crippen molar-refractivity contribution in [1.29, 1.82) is 0 Å². The number of hydrogen-bond donors (Lipinski definition) is 3. The first-order valence-electron chi connectivity index (χ1n) is 8.27. The largest absolute Gasteiger partial charge is 0.497 e. The monoisotopic (exact) mass is 330 g/mol. The van der Waals surface area contributed by atoms with Crippen LogP contribution in [-0.4, -0.2) is 41.8 Å². The van der Waals surface area contributed by atoms with Crippen molar-refractivity contribution in [3.8, 4) is 17.1 Å². The summed E-state index contributed by atoms with van der Waals surface area (Å²) < 4.78 is 5.16. The number of hydrogen-bond acceptors (Lipinski definition) is 4. The van der Waals surface area contributed by atoms with Crippen LogP contribution in [0.5, 0.6) is 5.75 Å². The number of nitrogens with one attached hydrogen (secondary N) is 3. The number of ether oxygens (including phenoxy) is 1. The number of aromatic amines is 1. The molecule has 1 aromatic carbocycles. The highest BCUT2D eigenvalue weighted by Gasteiger charge is 2.07. The molecule has 1 aromatic heterocycles. The summed E-state index contributed by atoms with van der Waals surface area (Å²) in [5.74, 6) is 3.01. The molecule has 0 radical (unpaired) electrons. The Kier molecular flexibility index (Phi) is 7.07. The minimum Gasteiger partial charge on any atom is -0.497 e. The van der Waals surface area contributed by atoms with Gasteiger partial charge in [-0.2, -0.15) is 5.10 Å². The number of H-pyrrole nitrogens is 1. The summed E-state index contributed by atoms with van der Waals surface area (Å²) in [5, 5.41) is 13.7. The maximum Gasteiger partial charge on any atom is 0.191 e. The van der Waals surface area contributed by atoms with Crippen molar-refractivity contribution in [3.05, 3.63) is 30.1 Å². The maximum atomic E-state index is 5.16. The van der Waals surface area contributed by atoms with E-state index in [0.29, 0.717) is 12.4 Å². The van der Waals surface area contributed by atoms with Gasteiger partial charge in [-0.15, -0.1) is 0 Å². The van der Waals surface area contributed by atoms with Crippen molar-refractivity contribution in [2.75, 3.05) is 20.7 Å². The van der Waals surface area contributed by atoms with E-state index in [1.165, 1.54) is 12.8 Å². The zero-order valence-corrected chi connectivity index (χ0v) is 14.6. The number of benzene rings is 1. The van der Waals surface area contributed by atoms with E-state index in [4.69, 9.17) is 4.74 Å². The number of aromatic nitrogens is 3. The zero-order chi connectivity index (χ0) is 17.2. The van der Waals surface area contributed by atoms with E-state index in [2.05, 4.69) is 37.7 Å². The average Bonchev–Trinajstić information content (AvgIpc) is 3.10. The van der Waals surface area contributed by atoms with Crippen LogP contribution in [0.25, 0.3) is 11.4 Å². The number of methoxy groups -OCH3 is 1. The van der Waals surface area contributed by atoms with E-state index in [9.17, 15) is 0 Å². The Morgan fingerprint density at radius 1 is 1.21 bits per heavy atom. The average molecular weight is 330 g/mol. The van der Waals surface area contributed by atoms with E-state index >= 15 is 0 Å². The van der Waals surface area contributed by atoms with Gasteiger partial charge in [0.15, 0.2) is 11.8 Å². The van der Waals surface area contributed by atoms with Crippen LogP contribution in [-0.2, 0) is 6.54 Å². The van der Waals surface area contributed by atoms with Crippen LogP contribution in [0.15, 0.2) is 29.3 Å². The molecule has 0 unspecified atom stereocenters. The first kappa shape index (κ1) is 17.8. The number of aliphatic imine (C=N–C) groups is 1. The summed E-state index contributed by atoms with van der Waals surface area (Å²) in [5.41, 5.74) is 0.945. The molecule has 0 bridgehead atoms. The van der Waals surface area contributed by atoms with Crippen LogP contribution in [0.3, 0.4) is 0 Å². The molecular formula is C17H26N6O. The molecular weight excluding hydrogens is 304 g/mol. The molecule has 7 nitrogen and oxygen atoms in total. The maximum absolute atomic E-state index is 5.16. The molecule has 0 spiro atoms. The number of unbranched alkanes of at least 4 members (excludes halogenated alkanes) is 2. The third-order valence-electron chi connectivity index (χ3n) is 3.60. The predicted octanol–water partition coefficient (Wildman–Crippen LogP) is 2.34. The number of guanidine groups is 1. The molecule has 2 rings (SSSR count). The Balaban J connectivity index is 1.86. The van der Waals surface area contributed by atoms with Gasteiger partial charge in [0.2, 0.25) is 0 Å². The van der Waals surface area contributed by atoms with Crippen molar-refractivity contribution < 1.29 is 4.74 Å². The van der Waals surface area contributed by atoms with Gasteiger partial charge in [-0.25, -0.2) is 4.98 Å². The minimum atomic E-state index is 0.538. The summed E-state index contributed by atoms with van der Waals surface area (Å²) >= 11 is 0. The Hall–Kier alpha value is -2.57. The first-order valence-corrected chi connectivity index (χ1v) is 8.27. The van der Waals surface area contributed by atoms with Gasteiger partial charge in [0, 0.05) is 19.2 Å². The first-order chi connectivity index (χ1) is 11.8. The lowest BCUT2D eigenvalue weighted by Gasteiger charge is -2.10. The molecule has 1 heterocycles. The van der Waals surface area contributed by atoms with Crippen molar-refractivity contribution in [2.45, 2.75) is 32.7 Å². The van der Waals surface area contributed by atoms with Gasteiger partial charge in [-0.1, -0.05) is 19.8 Å². The number of nitrogens with zero attached hydrogens (tertiary/aromatic N) is 3. The lowest BCUT2D eigenvalue weighted by Crippen LogP contribution is -2.37. The second-order valence-electron chi connectivity index (χ2n) is 5.39. The Labute approximate surface area is 142 Å². The smallest absolute Gasteiger partial charge is 0.191 e. The van der Waals surface area contributed by atoms with Gasteiger partial charge < -0.3 is 15.4 Å². The van der Waals surface area contributed by atoms with E-state index in [1.807, 2.05) is 24.3 Å². The lowest BCUT2D eigenvalue weighted by molar-refractivity contribution is 0.415. The highest BCUT2D eigenvalue weighted by molar-refractivity contribution is 5.79. The zero-order valence-electron chi connectivity index (χ0n) is 14.6. The summed E-state index contributed by atoms with van der Waals surface area (Å²) in [6.45, 7) is 3.65. The topological polar surface area (TPSA) is 87.2 Å². The molecule has 0 amide bonds. The second-order valence-corrected chi connectivity index (χ2v) is 5.39. The molecule has 0 saturated heterocycles. The summed E-state index contributed by atoms with van der Waals surface area (Å²) in [4.78, 5) is 8.70. The van der Waals surface area contributed by atoms with Crippen LogP contribution in [0.1, 0.15) is 32.0 Å². The lowest BCUT2D eigenvalue weighted by atomic mass is 10.2. The Morgan fingerprint density at radius 3 is 2.67 bits per heavy atom. The highest BCUT2D eigenvalue weighted by atomic mass is 16.5. The van der Waals surface area contributed by atoms with E-state index in [-0.39, 0.29) is 0 Å². The van der Waals surface area contributed by atoms with Crippen LogP contribution >= 0.6 is 0 Å². The summed E-state index contributed by atoms with van der Waals surface area (Å²) in [7, 11) is 3.41. The molecule has 0 fully saturated rings. The van der Waals surface area contributed by atoms with Crippen LogP contribution in [0, 0.1) is 0 Å². The molecule has 3 N–H and O–H groups in total. The fourth-order valence-corrected chi connectivity index (χ4v) is 2.21. The molecule has 2 aromatic rings. The van der Waals surface area contributed by atoms with E-state index in [0.717, 1.165) is 36.1 Å². The predicted molar refractivity (Wildman–Crippen MR) is 96.1 cm³/mol. The SMILES string of the molecule is CCCCCNC(=NC)NCc1nc(-c2ccc(OC)cc2)n[nH]1. The second kappa shape index (κ2) is 9.54. The van der Waals surface area contributed by atoms with Gasteiger partial charge in [0.05, 0.1) is 13.7 Å². The fourth-order valence-electron chi connectivity index (χ4n) is 2.21. The third kappa shape index (κ3) is 5.26. The van der Waals surface area contributed by atoms with E-state index in [1.54, 1.807) is 14.2 Å². The van der Waals surface area contributed by atoms with Crippen LogP contribution in [0.2, 0.25) is 0 Å².